The van der Waals surface area contributed by atoms with Gasteiger partial charge in [-0.15, -0.1) is 5.10 Å². The van der Waals surface area contributed by atoms with Crippen LogP contribution in [0.5, 0.6) is 0 Å². The Morgan fingerprint density at radius 2 is 2.10 bits per heavy atom. The first-order valence-corrected chi connectivity index (χ1v) is 6.01. The van der Waals surface area contributed by atoms with E-state index in [4.69, 9.17) is 5.11 Å². The van der Waals surface area contributed by atoms with E-state index in [0.29, 0.717) is 12.1 Å². The minimum absolute atomic E-state index is 0.0262. The fourth-order valence-corrected chi connectivity index (χ4v) is 1.61. The predicted octanol–water partition coefficient (Wildman–Crippen LogP) is 1.75. The summed E-state index contributed by atoms with van der Waals surface area (Å²) < 4.78 is 41.5. The molecule has 20 heavy (non-hydrogen) atoms. The minimum Gasteiger partial charge on any atom is -0.476 e. The summed E-state index contributed by atoms with van der Waals surface area (Å²) in [5.41, 5.74) is 0.220. The third kappa shape index (κ3) is 5.16. The number of carboxylic acids is 1. The van der Waals surface area contributed by atoms with Crippen molar-refractivity contribution in [2.24, 2.45) is 5.92 Å². The van der Waals surface area contributed by atoms with E-state index in [-0.39, 0.29) is 24.8 Å². The van der Waals surface area contributed by atoms with Gasteiger partial charge in [0.05, 0.1) is 18.8 Å². The molecule has 0 aliphatic heterocycles. The van der Waals surface area contributed by atoms with E-state index in [2.05, 4.69) is 15.0 Å². The van der Waals surface area contributed by atoms with Crippen LogP contribution in [0.1, 0.15) is 30.0 Å². The maximum absolute atomic E-state index is 11.9. The van der Waals surface area contributed by atoms with E-state index in [1.807, 2.05) is 13.8 Å². The van der Waals surface area contributed by atoms with Crippen molar-refractivity contribution >= 4 is 5.97 Å². The Bertz CT molecular complexity index is 458. The maximum Gasteiger partial charge on any atom is 0.411 e. The Morgan fingerprint density at radius 3 is 2.60 bits per heavy atom. The van der Waals surface area contributed by atoms with Crippen molar-refractivity contribution in [3.63, 3.8) is 0 Å². The highest BCUT2D eigenvalue weighted by atomic mass is 19.4. The van der Waals surface area contributed by atoms with E-state index in [1.54, 1.807) is 0 Å². The van der Waals surface area contributed by atoms with Crippen molar-refractivity contribution < 1.29 is 27.8 Å². The van der Waals surface area contributed by atoms with Gasteiger partial charge in [-0.3, -0.25) is 0 Å². The van der Waals surface area contributed by atoms with Crippen LogP contribution >= 0.6 is 0 Å². The van der Waals surface area contributed by atoms with E-state index < -0.39 is 18.8 Å². The molecule has 114 valence electrons. The molecule has 0 spiro atoms. The molecule has 0 fully saturated rings. The number of hydrogen-bond acceptors (Lipinski definition) is 4. The summed E-state index contributed by atoms with van der Waals surface area (Å²) in [6, 6.07) is 0. The molecule has 1 heterocycles. The van der Waals surface area contributed by atoms with Gasteiger partial charge in [0.2, 0.25) is 0 Å². The molecule has 1 N–H and O–H groups in total. The molecule has 1 aromatic rings. The quantitative estimate of drug-likeness (QED) is 0.775. The normalized spacial score (nSPS) is 12.1. The lowest BCUT2D eigenvalue weighted by atomic mass is 10.1. The standard InChI is InChI=1S/C11H16F3N3O3/c1-7(2)5-8-9(10(18)19)15-16-17(8)3-4-20-6-11(12,13)14/h7H,3-6H2,1-2H3,(H,18,19). The molecule has 0 unspecified atom stereocenters. The fourth-order valence-electron chi connectivity index (χ4n) is 1.61. The third-order valence-electron chi connectivity index (χ3n) is 2.35. The van der Waals surface area contributed by atoms with E-state index in [9.17, 15) is 18.0 Å². The summed E-state index contributed by atoms with van der Waals surface area (Å²) in [7, 11) is 0. The van der Waals surface area contributed by atoms with Gasteiger partial charge in [-0.25, -0.2) is 9.48 Å². The number of aromatic carboxylic acids is 1. The number of halogens is 3. The second-order valence-corrected chi connectivity index (χ2v) is 4.68. The Balaban J connectivity index is 2.67. The molecule has 0 aliphatic rings. The van der Waals surface area contributed by atoms with Gasteiger partial charge in [0.25, 0.3) is 0 Å². The van der Waals surface area contributed by atoms with Crippen LogP contribution in [0.25, 0.3) is 0 Å². The van der Waals surface area contributed by atoms with Crippen LogP contribution in [-0.2, 0) is 17.7 Å². The molecule has 9 heteroatoms. The van der Waals surface area contributed by atoms with Gasteiger partial charge in [-0.2, -0.15) is 13.2 Å². The molecule has 6 nitrogen and oxygen atoms in total. The lowest BCUT2D eigenvalue weighted by molar-refractivity contribution is -0.174. The van der Waals surface area contributed by atoms with Crippen LogP contribution in [0.2, 0.25) is 0 Å². The van der Waals surface area contributed by atoms with E-state index in [0.717, 1.165) is 0 Å². The molecule has 0 atom stereocenters. The average Bonchev–Trinajstić information content (AvgIpc) is 2.65. The lowest BCUT2D eigenvalue weighted by Gasteiger charge is -2.10. The predicted molar refractivity (Wildman–Crippen MR) is 62.4 cm³/mol. The summed E-state index contributed by atoms with van der Waals surface area (Å²) in [5.74, 6) is -1.04. The van der Waals surface area contributed by atoms with Crippen molar-refractivity contribution in [3.05, 3.63) is 11.4 Å². The SMILES string of the molecule is CC(C)Cc1c(C(=O)O)nnn1CCOCC(F)(F)F. The van der Waals surface area contributed by atoms with Crippen LogP contribution in [0, 0.1) is 5.92 Å². The van der Waals surface area contributed by atoms with Gasteiger partial charge in [0.1, 0.15) is 6.61 Å². The minimum atomic E-state index is -4.38. The molecule has 1 aromatic heterocycles. The zero-order valence-electron chi connectivity index (χ0n) is 11.1. The average molecular weight is 295 g/mol. The molecule has 0 amide bonds. The van der Waals surface area contributed by atoms with Crippen LogP contribution in [0.4, 0.5) is 13.2 Å². The van der Waals surface area contributed by atoms with Crippen molar-refractivity contribution in [3.8, 4) is 0 Å². The molecular weight excluding hydrogens is 279 g/mol. The number of carbonyl (C=O) groups is 1. The molecule has 0 saturated carbocycles. The van der Waals surface area contributed by atoms with Crippen LogP contribution < -0.4 is 0 Å². The first-order valence-electron chi connectivity index (χ1n) is 6.01. The Morgan fingerprint density at radius 1 is 1.45 bits per heavy atom. The van der Waals surface area contributed by atoms with Crippen LogP contribution in [0.3, 0.4) is 0 Å². The summed E-state index contributed by atoms with van der Waals surface area (Å²) in [6.45, 7) is 2.25. The summed E-state index contributed by atoms with van der Waals surface area (Å²) >= 11 is 0. The molecular formula is C11H16F3N3O3. The maximum atomic E-state index is 11.9. The van der Waals surface area contributed by atoms with Crippen LogP contribution in [0.15, 0.2) is 0 Å². The highest BCUT2D eigenvalue weighted by Crippen LogP contribution is 2.15. The zero-order chi connectivity index (χ0) is 15.3. The number of ether oxygens (including phenoxy) is 1. The van der Waals surface area contributed by atoms with Gasteiger partial charge in [0.15, 0.2) is 5.69 Å². The van der Waals surface area contributed by atoms with Gasteiger partial charge in [-0.05, 0) is 12.3 Å². The topological polar surface area (TPSA) is 77.2 Å². The van der Waals surface area contributed by atoms with Crippen molar-refractivity contribution in [1.29, 1.82) is 0 Å². The van der Waals surface area contributed by atoms with Crippen molar-refractivity contribution in [2.75, 3.05) is 13.2 Å². The van der Waals surface area contributed by atoms with Gasteiger partial charge >= 0.3 is 12.1 Å². The Hall–Kier alpha value is -1.64. The van der Waals surface area contributed by atoms with Crippen molar-refractivity contribution in [2.45, 2.75) is 33.0 Å². The smallest absolute Gasteiger partial charge is 0.411 e. The molecule has 0 saturated heterocycles. The van der Waals surface area contributed by atoms with E-state index >= 15 is 0 Å². The summed E-state index contributed by atoms with van der Waals surface area (Å²) in [4.78, 5) is 11.0. The Kier molecular flexibility index (Phi) is 5.49. The fraction of sp³-hybridized carbons (Fsp3) is 0.727. The first kappa shape index (κ1) is 16.4. The summed E-state index contributed by atoms with van der Waals surface area (Å²) in [6.07, 6.45) is -3.96. The van der Waals surface area contributed by atoms with Gasteiger partial charge in [0, 0.05) is 0 Å². The Labute approximate surface area is 113 Å². The van der Waals surface area contributed by atoms with E-state index in [1.165, 1.54) is 4.68 Å². The monoisotopic (exact) mass is 295 g/mol. The first-order chi connectivity index (χ1) is 9.20. The lowest BCUT2D eigenvalue weighted by Crippen LogP contribution is -2.20. The number of alkyl halides is 3. The largest absolute Gasteiger partial charge is 0.476 e. The number of rotatable bonds is 7. The zero-order valence-corrected chi connectivity index (χ0v) is 11.1. The number of aromatic nitrogens is 3. The second-order valence-electron chi connectivity index (χ2n) is 4.68. The highest BCUT2D eigenvalue weighted by Gasteiger charge is 2.27. The molecule has 0 radical (unpaired) electrons. The molecule has 0 aromatic carbocycles. The summed E-state index contributed by atoms with van der Waals surface area (Å²) in [5, 5.41) is 16.2. The third-order valence-corrected chi connectivity index (χ3v) is 2.35. The van der Waals surface area contributed by atoms with Gasteiger partial charge < -0.3 is 9.84 Å². The highest BCUT2D eigenvalue weighted by molar-refractivity contribution is 5.86. The number of carboxylic acid groups (broad SMARTS) is 1. The van der Waals surface area contributed by atoms with Gasteiger partial charge in [-0.1, -0.05) is 19.1 Å². The molecule has 0 aliphatic carbocycles. The molecule has 0 bridgehead atoms. The van der Waals surface area contributed by atoms with Crippen LogP contribution in [-0.4, -0.2) is 45.5 Å². The van der Waals surface area contributed by atoms with Crippen molar-refractivity contribution in [1.82, 2.24) is 15.0 Å². The molecule has 1 rings (SSSR count). The number of hydrogen-bond donors (Lipinski definition) is 1. The number of nitrogens with zero attached hydrogens (tertiary/aromatic N) is 3. The second kappa shape index (κ2) is 6.69.